The highest BCUT2D eigenvalue weighted by Gasteiger charge is 2.10. The van der Waals surface area contributed by atoms with Gasteiger partial charge in [0, 0.05) is 23.0 Å². The fourth-order valence-electron chi connectivity index (χ4n) is 1.19. The average Bonchev–Trinajstić information content (AvgIpc) is 2.15. The largest absolute Gasteiger partial charge is 0.398 e. The summed E-state index contributed by atoms with van der Waals surface area (Å²) in [4.78, 5) is 11.7. The van der Waals surface area contributed by atoms with Crippen LogP contribution in [0.5, 0.6) is 0 Å². The molecule has 0 spiro atoms. The van der Waals surface area contributed by atoms with E-state index in [0.717, 1.165) is 10.7 Å². The molecule has 1 aromatic rings. The molecule has 1 rings (SSSR count). The monoisotopic (exact) mass is 356 g/mol. The molecule has 8 heteroatoms. The molecular weight excluding hydrogens is 344 g/mol. The van der Waals surface area contributed by atoms with Crippen molar-refractivity contribution in [2.24, 2.45) is 0 Å². The Morgan fingerprint density at radius 2 is 2.06 bits per heavy atom. The molecule has 0 unspecified atom stereocenters. The second kappa shape index (κ2) is 6.96. The van der Waals surface area contributed by atoms with Crippen molar-refractivity contribution in [1.82, 2.24) is 5.32 Å². The summed E-state index contributed by atoms with van der Waals surface area (Å²) in [7, 11) is -3.07. The molecule has 0 aliphatic rings. The molecule has 102 valence electrons. The van der Waals surface area contributed by atoms with E-state index in [1.807, 2.05) is 0 Å². The number of sulfone groups is 1. The summed E-state index contributed by atoms with van der Waals surface area (Å²) in [6, 6.07) is 4.89. The molecule has 0 aliphatic carbocycles. The van der Waals surface area contributed by atoms with Gasteiger partial charge in [-0.3, -0.25) is 4.79 Å². The first-order valence-corrected chi connectivity index (χ1v) is 7.66. The lowest BCUT2D eigenvalue weighted by molar-refractivity contribution is 0.0957. The van der Waals surface area contributed by atoms with Gasteiger partial charge in [-0.15, -0.1) is 12.4 Å². The van der Waals surface area contributed by atoms with E-state index in [4.69, 9.17) is 5.73 Å². The number of amides is 1. The number of nitrogens with one attached hydrogen (secondary N) is 1. The Labute approximate surface area is 121 Å². The van der Waals surface area contributed by atoms with Crippen LogP contribution < -0.4 is 11.1 Å². The average molecular weight is 358 g/mol. The van der Waals surface area contributed by atoms with Crippen LogP contribution in [0.15, 0.2) is 22.7 Å². The van der Waals surface area contributed by atoms with Crippen LogP contribution in [0.3, 0.4) is 0 Å². The van der Waals surface area contributed by atoms with Crippen molar-refractivity contribution in [1.29, 1.82) is 0 Å². The Morgan fingerprint density at radius 3 is 2.56 bits per heavy atom. The minimum absolute atomic E-state index is 0. The van der Waals surface area contributed by atoms with Crippen molar-refractivity contribution in [3.63, 3.8) is 0 Å². The maximum Gasteiger partial charge on any atom is 0.253 e. The van der Waals surface area contributed by atoms with Crippen molar-refractivity contribution in [3.8, 4) is 0 Å². The number of anilines is 1. The van der Waals surface area contributed by atoms with Gasteiger partial charge >= 0.3 is 0 Å². The molecular formula is C10H14BrClN2O3S. The van der Waals surface area contributed by atoms with Crippen molar-refractivity contribution < 1.29 is 13.2 Å². The van der Waals surface area contributed by atoms with E-state index in [9.17, 15) is 13.2 Å². The van der Waals surface area contributed by atoms with Gasteiger partial charge in [0.05, 0.1) is 11.3 Å². The van der Waals surface area contributed by atoms with Crippen LogP contribution in [-0.4, -0.2) is 32.9 Å². The molecule has 0 bridgehead atoms. The van der Waals surface area contributed by atoms with Crippen LogP contribution in [0.25, 0.3) is 0 Å². The first kappa shape index (κ1) is 17.2. The Morgan fingerprint density at radius 1 is 1.44 bits per heavy atom. The molecule has 0 radical (unpaired) electrons. The third kappa shape index (κ3) is 5.70. The zero-order valence-corrected chi connectivity index (χ0v) is 12.9. The first-order valence-electron chi connectivity index (χ1n) is 4.80. The predicted molar refractivity (Wildman–Crippen MR) is 77.8 cm³/mol. The van der Waals surface area contributed by atoms with E-state index < -0.39 is 9.84 Å². The van der Waals surface area contributed by atoms with Crippen LogP contribution in [0.1, 0.15) is 10.4 Å². The summed E-state index contributed by atoms with van der Waals surface area (Å²) in [5.41, 5.74) is 6.35. The lowest BCUT2D eigenvalue weighted by Crippen LogP contribution is -2.29. The molecule has 0 aliphatic heterocycles. The fraction of sp³-hybridized carbons (Fsp3) is 0.300. The van der Waals surface area contributed by atoms with Gasteiger partial charge in [-0.1, -0.05) is 15.9 Å². The highest BCUT2D eigenvalue weighted by molar-refractivity contribution is 9.10. The van der Waals surface area contributed by atoms with Crippen molar-refractivity contribution in [3.05, 3.63) is 28.2 Å². The minimum atomic E-state index is -3.07. The van der Waals surface area contributed by atoms with Crippen LogP contribution in [0, 0.1) is 0 Å². The second-order valence-electron chi connectivity index (χ2n) is 3.62. The topological polar surface area (TPSA) is 89.3 Å². The van der Waals surface area contributed by atoms with E-state index in [1.54, 1.807) is 18.2 Å². The molecule has 1 amide bonds. The zero-order chi connectivity index (χ0) is 13.1. The number of carbonyl (C=O) groups is 1. The first-order chi connectivity index (χ1) is 7.79. The molecule has 1 aromatic carbocycles. The quantitative estimate of drug-likeness (QED) is 0.793. The van der Waals surface area contributed by atoms with Crippen LogP contribution in [-0.2, 0) is 9.84 Å². The Kier molecular flexibility index (Phi) is 6.66. The number of hydrogen-bond donors (Lipinski definition) is 2. The van der Waals surface area contributed by atoms with Gasteiger partial charge in [-0.05, 0) is 18.2 Å². The number of halogens is 2. The molecule has 0 saturated carbocycles. The maximum absolute atomic E-state index is 11.7. The molecule has 0 fully saturated rings. The van der Waals surface area contributed by atoms with Crippen LogP contribution >= 0.6 is 28.3 Å². The maximum atomic E-state index is 11.7. The van der Waals surface area contributed by atoms with Gasteiger partial charge in [0.25, 0.3) is 5.91 Å². The van der Waals surface area contributed by atoms with E-state index in [0.29, 0.717) is 11.3 Å². The normalized spacial score (nSPS) is 10.6. The van der Waals surface area contributed by atoms with E-state index >= 15 is 0 Å². The van der Waals surface area contributed by atoms with E-state index in [-0.39, 0.29) is 30.6 Å². The van der Waals surface area contributed by atoms with Gasteiger partial charge in [-0.25, -0.2) is 8.42 Å². The number of benzene rings is 1. The van der Waals surface area contributed by atoms with Gasteiger partial charge in [0.2, 0.25) is 0 Å². The van der Waals surface area contributed by atoms with E-state index in [2.05, 4.69) is 21.2 Å². The summed E-state index contributed by atoms with van der Waals surface area (Å²) in [6.07, 6.45) is 1.12. The third-order valence-corrected chi connectivity index (χ3v) is 3.46. The Bertz CT molecular complexity index is 534. The Balaban J connectivity index is 0.00000289. The second-order valence-corrected chi connectivity index (χ2v) is 6.79. The minimum Gasteiger partial charge on any atom is -0.398 e. The lowest BCUT2D eigenvalue weighted by atomic mass is 10.2. The highest BCUT2D eigenvalue weighted by Crippen LogP contribution is 2.18. The van der Waals surface area contributed by atoms with Gasteiger partial charge < -0.3 is 11.1 Å². The number of rotatable bonds is 4. The fourth-order valence-corrected chi connectivity index (χ4v) is 2.04. The summed E-state index contributed by atoms with van der Waals surface area (Å²) in [5, 5.41) is 2.50. The van der Waals surface area contributed by atoms with Gasteiger partial charge in [0.15, 0.2) is 0 Å². The van der Waals surface area contributed by atoms with Crippen molar-refractivity contribution in [2.75, 3.05) is 24.3 Å². The molecule has 0 aromatic heterocycles. The summed E-state index contributed by atoms with van der Waals surface area (Å²) in [5.74, 6) is -0.464. The smallest absolute Gasteiger partial charge is 0.253 e. The van der Waals surface area contributed by atoms with Crippen LogP contribution in [0.4, 0.5) is 5.69 Å². The van der Waals surface area contributed by atoms with E-state index in [1.165, 1.54) is 0 Å². The standard InChI is InChI=1S/C10H13BrN2O3S.ClH/c1-17(15,16)5-4-13-10(14)8-3-2-7(11)6-9(8)12;/h2-3,6H,4-5,12H2,1H3,(H,13,14);1H. The SMILES string of the molecule is CS(=O)(=O)CCNC(=O)c1ccc(Br)cc1N.Cl. The molecule has 3 N–H and O–H groups in total. The molecule has 0 saturated heterocycles. The number of carbonyl (C=O) groups excluding carboxylic acids is 1. The van der Waals surface area contributed by atoms with Gasteiger partial charge in [0.1, 0.15) is 9.84 Å². The lowest BCUT2D eigenvalue weighted by Gasteiger charge is -2.07. The third-order valence-electron chi connectivity index (χ3n) is 2.02. The summed E-state index contributed by atoms with van der Waals surface area (Å²) in [6.45, 7) is 0.0766. The number of nitrogens with two attached hydrogens (primary N) is 1. The van der Waals surface area contributed by atoms with Crippen molar-refractivity contribution >= 4 is 49.8 Å². The number of nitrogen functional groups attached to an aromatic ring is 1. The summed E-state index contributed by atoms with van der Waals surface area (Å²) >= 11 is 3.23. The molecule has 0 heterocycles. The molecule has 18 heavy (non-hydrogen) atoms. The predicted octanol–water partition coefficient (Wildman–Crippen LogP) is 1.23. The zero-order valence-electron chi connectivity index (χ0n) is 9.64. The highest BCUT2D eigenvalue weighted by atomic mass is 79.9. The molecule has 0 atom stereocenters. The van der Waals surface area contributed by atoms with Crippen molar-refractivity contribution in [2.45, 2.75) is 0 Å². The summed E-state index contributed by atoms with van der Waals surface area (Å²) < 4.78 is 22.5. The molecule has 5 nitrogen and oxygen atoms in total. The number of hydrogen-bond acceptors (Lipinski definition) is 4. The van der Waals surface area contributed by atoms with Crippen LogP contribution in [0.2, 0.25) is 0 Å². The Hall–Kier alpha value is -0.790. The van der Waals surface area contributed by atoms with Gasteiger partial charge in [-0.2, -0.15) is 0 Å².